The van der Waals surface area contributed by atoms with Crippen LogP contribution in [0.25, 0.3) is 11.5 Å². The molecule has 1 N–H and O–H groups in total. The normalized spacial score (nSPS) is 10.4. The summed E-state index contributed by atoms with van der Waals surface area (Å²) < 4.78 is 10.8. The summed E-state index contributed by atoms with van der Waals surface area (Å²) in [5.74, 6) is -0.0143. The van der Waals surface area contributed by atoms with E-state index < -0.39 is 5.97 Å². The van der Waals surface area contributed by atoms with Crippen LogP contribution in [0.5, 0.6) is 5.88 Å². The minimum atomic E-state index is -0.918. The Morgan fingerprint density at radius 1 is 1.50 bits per heavy atom. The highest BCUT2D eigenvalue weighted by Crippen LogP contribution is 2.25. The first-order valence-electron chi connectivity index (χ1n) is 6.09. The van der Waals surface area contributed by atoms with Crippen LogP contribution in [0.4, 0.5) is 0 Å². The molecule has 0 aliphatic heterocycles. The number of carboxylic acids is 1. The van der Waals surface area contributed by atoms with Gasteiger partial charge in [-0.3, -0.25) is 4.79 Å². The van der Waals surface area contributed by atoms with Crippen molar-refractivity contribution in [2.75, 3.05) is 12.4 Å². The highest BCUT2D eigenvalue weighted by Gasteiger charge is 2.11. The zero-order valence-electron chi connectivity index (χ0n) is 10.9. The number of aliphatic carboxylic acids is 1. The quantitative estimate of drug-likeness (QED) is 0.620. The number of furan rings is 1. The third-order valence-electron chi connectivity index (χ3n) is 2.23. The lowest BCUT2D eigenvalue weighted by atomic mass is 10.3. The van der Waals surface area contributed by atoms with E-state index in [1.165, 1.54) is 0 Å². The van der Waals surface area contributed by atoms with E-state index in [2.05, 4.69) is 9.97 Å². The highest BCUT2D eigenvalue weighted by molar-refractivity contribution is 7.99. The van der Waals surface area contributed by atoms with Gasteiger partial charge in [-0.2, -0.15) is 4.98 Å². The van der Waals surface area contributed by atoms with Crippen LogP contribution in [0.3, 0.4) is 0 Å². The summed E-state index contributed by atoms with van der Waals surface area (Å²) in [5.41, 5.74) is 0.573. The predicted octanol–water partition coefficient (Wildman–Crippen LogP) is 2.70. The SMILES string of the molecule is CCCOc1cc(-c2ccco2)nc(SCC(=O)O)n1. The molecule has 2 aromatic heterocycles. The molecule has 0 bridgehead atoms. The lowest BCUT2D eigenvalue weighted by Crippen LogP contribution is -2.03. The smallest absolute Gasteiger partial charge is 0.313 e. The lowest BCUT2D eigenvalue weighted by Gasteiger charge is -2.07. The number of thioether (sulfide) groups is 1. The Kier molecular flexibility index (Phi) is 5.00. The van der Waals surface area contributed by atoms with Gasteiger partial charge in [0.2, 0.25) is 5.88 Å². The average molecular weight is 294 g/mol. The van der Waals surface area contributed by atoms with Gasteiger partial charge >= 0.3 is 5.97 Å². The first-order valence-corrected chi connectivity index (χ1v) is 7.08. The Bertz CT molecular complexity index is 572. The number of carbonyl (C=O) groups is 1. The van der Waals surface area contributed by atoms with Gasteiger partial charge in [0.05, 0.1) is 18.6 Å². The molecule has 0 fully saturated rings. The van der Waals surface area contributed by atoms with Gasteiger partial charge in [0.25, 0.3) is 0 Å². The molecule has 2 aromatic rings. The van der Waals surface area contributed by atoms with Crippen LogP contribution in [0.15, 0.2) is 34.0 Å². The standard InChI is InChI=1S/C13H14N2O4S/c1-2-5-19-11-7-9(10-4-3-6-18-10)14-13(15-11)20-8-12(16)17/h3-4,6-7H,2,5,8H2,1H3,(H,16,17). The largest absolute Gasteiger partial charge is 0.481 e. The average Bonchev–Trinajstić information content (AvgIpc) is 2.97. The van der Waals surface area contributed by atoms with Gasteiger partial charge in [-0.05, 0) is 18.6 Å². The van der Waals surface area contributed by atoms with Gasteiger partial charge in [0.15, 0.2) is 10.9 Å². The van der Waals surface area contributed by atoms with Gasteiger partial charge in [0.1, 0.15) is 5.69 Å². The van der Waals surface area contributed by atoms with Crippen LogP contribution in [-0.4, -0.2) is 33.4 Å². The molecule has 2 rings (SSSR count). The first-order chi connectivity index (χ1) is 9.69. The third kappa shape index (κ3) is 3.99. The Hall–Kier alpha value is -2.02. The second-order valence-electron chi connectivity index (χ2n) is 3.88. The Balaban J connectivity index is 2.26. The zero-order chi connectivity index (χ0) is 14.4. The van der Waals surface area contributed by atoms with Crippen LogP contribution in [-0.2, 0) is 4.79 Å². The van der Waals surface area contributed by atoms with Crippen molar-refractivity contribution in [1.29, 1.82) is 0 Å². The molecule has 0 aliphatic carbocycles. The molecule has 0 amide bonds. The molecule has 2 heterocycles. The van der Waals surface area contributed by atoms with Crippen molar-refractivity contribution in [3.63, 3.8) is 0 Å². The molecule has 20 heavy (non-hydrogen) atoms. The molecule has 0 aromatic carbocycles. The number of nitrogens with zero attached hydrogens (tertiary/aromatic N) is 2. The molecular formula is C13H14N2O4S. The molecular weight excluding hydrogens is 280 g/mol. The third-order valence-corrected chi connectivity index (χ3v) is 3.07. The summed E-state index contributed by atoms with van der Waals surface area (Å²) in [6, 6.07) is 5.21. The molecule has 106 valence electrons. The van der Waals surface area contributed by atoms with Crippen molar-refractivity contribution in [1.82, 2.24) is 9.97 Å². The maximum Gasteiger partial charge on any atom is 0.313 e. The Morgan fingerprint density at radius 3 is 3.00 bits per heavy atom. The molecule has 0 unspecified atom stereocenters. The summed E-state index contributed by atoms with van der Waals surface area (Å²) in [6.45, 7) is 2.53. The topological polar surface area (TPSA) is 85.5 Å². The Labute approximate surface area is 120 Å². The van der Waals surface area contributed by atoms with Crippen molar-refractivity contribution in [3.8, 4) is 17.3 Å². The highest BCUT2D eigenvalue weighted by atomic mass is 32.2. The van der Waals surface area contributed by atoms with Gasteiger partial charge in [-0.15, -0.1) is 0 Å². The molecule has 6 nitrogen and oxygen atoms in total. The molecule has 0 spiro atoms. The molecule has 0 saturated heterocycles. The molecule has 0 radical (unpaired) electrons. The number of rotatable bonds is 7. The van der Waals surface area contributed by atoms with E-state index in [1.807, 2.05) is 6.92 Å². The van der Waals surface area contributed by atoms with Crippen molar-refractivity contribution in [3.05, 3.63) is 24.5 Å². The minimum absolute atomic E-state index is 0.102. The van der Waals surface area contributed by atoms with E-state index >= 15 is 0 Å². The van der Waals surface area contributed by atoms with Crippen LogP contribution >= 0.6 is 11.8 Å². The molecule has 0 aliphatic rings. The number of hydrogen-bond acceptors (Lipinski definition) is 6. The fourth-order valence-corrected chi connectivity index (χ4v) is 2.00. The first kappa shape index (κ1) is 14.4. The zero-order valence-corrected chi connectivity index (χ0v) is 11.7. The fraction of sp³-hybridized carbons (Fsp3) is 0.308. The molecule has 0 saturated carbocycles. The van der Waals surface area contributed by atoms with Crippen LogP contribution in [0.2, 0.25) is 0 Å². The summed E-state index contributed by atoms with van der Waals surface area (Å²) in [6.07, 6.45) is 2.41. The summed E-state index contributed by atoms with van der Waals surface area (Å²) >= 11 is 1.04. The van der Waals surface area contributed by atoms with E-state index in [-0.39, 0.29) is 5.75 Å². The Morgan fingerprint density at radius 2 is 2.35 bits per heavy atom. The van der Waals surface area contributed by atoms with Crippen LogP contribution in [0, 0.1) is 0 Å². The number of carboxylic acid groups (broad SMARTS) is 1. The van der Waals surface area contributed by atoms with E-state index in [4.69, 9.17) is 14.3 Å². The summed E-state index contributed by atoms with van der Waals surface area (Å²) in [7, 11) is 0. The van der Waals surface area contributed by atoms with Crippen LogP contribution in [0.1, 0.15) is 13.3 Å². The maximum absolute atomic E-state index is 10.6. The second-order valence-corrected chi connectivity index (χ2v) is 4.82. The second kappa shape index (κ2) is 6.95. The number of aromatic nitrogens is 2. The van der Waals surface area contributed by atoms with Crippen molar-refractivity contribution < 1.29 is 19.1 Å². The van der Waals surface area contributed by atoms with Crippen molar-refractivity contribution >= 4 is 17.7 Å². The van der Waals surface area contributed by atoms with Crippen LogP contribution < -0.4 is 4.74 Å². The monoisotopic (exact) mass is 294 g/mol. The van der Waals surface area contributed by atoms with E-state index in [0.717, 1.165) is 18.2 Å². The lowest BCUT2D eigenvalue weighted by molar-refractivity contribution is -0.133. The number of ether oxygens (including phenoxy) is 1. The predicted molar refractivity (Wildman–Crippen MR) is 73.9 cm³/mol. The van der Waals surface area contributed by atoms with Gasteiger partial charge in [0, 0.05) is 6.07 Å². The summed E-state index contributed by atoms with van der Waals surface area (Å²) in [4.78, 5) is 19.1. The fourth-order valence-electron chi connectivity index (χ4n) is 1.43. The van der Waals surface area contributed by atoms with Gasteiger partial charge in [-0.1, -0.05) is 18.7 Å². The van der Waals surface area contributed by atoms with E-state index in [9.17, 15) is 4.79 Å². The van der Waals surface area contributed by atoms with E-state index in [0.29, 0.717) is 29.1 Å². The molecule has 7 heteroatoms. The van der Waals surface area contributed by atoms with Gasteiger partial charge in [-0.25, -0.2) is 4.98 Å². The minimum Gasteiger partial charge on any atom is -0.481 e. The number of hydrogen-bond donors (Lipinski definition) is 1. The van der Waals surface area contributed by atoms with E-state index in [1.54, 1.807) is 24.5 Å². The van der Waals surface area contributed by atoms with Crippen molar-refractivity contribution in [2.24, 2.45) is 0 Å². The van der Waals surface area contributed by atoms with Crippen molar-refractivity contribution in [2.45, 2.75) is 18.5 Å². The van der Waals surface area contributed by atoms with Gasteiger partial charge < -0.3 is 14.3 Å². The molecule has 0 atom stereocenters. The summed E-state index contributed by atoms with van der Waals surface area (Å²) in [5, 5.41) is 9.07. The maximum atomic E-state index is 10.6.